The molecule has 0 atom stereocenters. The van der Waals surface area contributed by atoms with Crippen LogP contribution in [0.2, 0.25) is 0 Å². The van der Waals surface area contributed by atoms with Gasteiger partial charge >= 0.3 is 0 Å². The summed E-state index contributed by atoms with van der Waals surface area (Å²) in [4.78, 5) is 0. The highest BCUT2D eigenvalue weighted by Gasteiger charge is 2.20. The van der Waals surface area contributed by atoms with Gasteiger partial charge in [-0.15, -0.1) is 0 Å². The summed E-state index contributed by atoms with van der Waals surface area (Å²) in [7, 11) is 0. The van der Waals surface area contributed by atoms with Gasteiger partial charge in [0.15, 0.2) is 0 Å². The van der Waals surface area contributed by atoms with E-state index in [1.807, 2.05) is 60.7 Å². The predicted molar refractivity (Wildman–Crippen MR) is 200 cm³/mol. The zero-order valence-corrected chi connectivity index (χ0v) is 26.7. The molecule has 5 heteroatoms. The van der Waals surface area contributed by atoms with Crippen LogP contribution in [0.5, 0.6) is 0 Å². The highest BCUT2D eigenvalue weighted by molar-refractivity contribution is 6.11. The van der Waals surface area contributed by atoms with Crippen LogP contribution in [-0.4, -0.2) is 9.13 Å². The van der Waals surface area contributed by atoms with E-state index in [9.17, 15) is 15.8 Å². The lowest BCUT2D eigenvalue weighted by molar-refractivity contribution is 1.17. The molecule has 0 aliphatic rings. The molecule has 50 heavy (non-hydrogen) atoms. The summed E-state index contributed by atoms with van der Waals surface area (Å²) >= 11 is 0. The van der Waals surface area contributed by atoms with Crippen LogP contribution in [0.3, 0.4) is 0 Å². The molecule has 230 valence electrons. The number of hydrogen-bond donors (Lipinski definition) is 0. The van der Waals surface area contributed by atoms with E-state index >= 15 is 0 Å². The first-order valence-electron chi connectivity index (χ1n) is 16.3. The first kappa shape index (κ1) is 28.8. The summed E-state index contributed by atoms with van der Waals surface area (Å²) in [5, 5.41) is 34.3. The van der Waals surface area contributed by atoms with Crippen LogP contribution in [0.4, 0.5) is 0 Å². The van der Waals surface area contributed by atoms with Crippen LogP contribution in [-0.2, 0) is 0 Å². The normalized spacial score (nSPS) is 11.1. The molecule has 0 saturated carbocycles. The van der Waals surface area contributed by atoms with E-state index in [4.69, 9.17) is 0 Å². The summed E-state index contributed by atoms with van der Waals surface area (Å²) in [6.45, 7) is 0. The number of nitrogens with zero attached hydrogens (tertiary/aromatic N) is 5. The Bertz CT molecular complexity index is 2900. The number of fused-ring (bicyclic) bond motifs is 6. The molecule has 2 heterocycles. The highest BCUT2D eigenvalue weighted by Crippen LogP contribution is 2.39. The number of nitriles is 3. The first-order valence-corrected chi connectivity index (χ1v) is 16.3. The second kappa shape index (κ2) is 11.4. The average molecular weight is 636 g/mol. The van der Waals surface area contributed by atoms with Gasteiger partial charge in [0, 0.05) is 32.8 Å². The van der Waals surface area contributed by atoms with Gasteiger partial charge in [-0.25, -0.2) is 0 Å². The van der Waals surface area contributed by atoms with Crippen LogP contribution in [0.25, 0.3) is 77.2 Å². The Kier molecular flexibility index (Phi) is 6.56. The van der Waals surface area contributed by atoms with Gasteiger partial charge < -0.3 is 9.13 Å². The van der Waals surface area contributed by atoms with Crippen LogP contribution < -0.4 is 0 Å². The molecule has 9 rings (SSSR count). The van der Waals surface area contributed by atoms with E-state index in [1.165, 1.54) is 0 Å². The van der Waals surface area contributed by atoms with Crippen molar-refractivity contribution < 1.29 is 0 Å². The highest BCUT2D eigenvalue weighted by atomic mass is 15.0. The lowest BCUT2D eigenvalue weighted by atomic mass is 9.94. The van der Waals surface area contributed by atoms with E-state index in [-0.39, 0.29) is 0 Å². The molecule has 0 saturated heterocycles. The van der Waals surface area contributed by atoms with Crippen molar-refractivity contribution in [3.8, 4) is 51.8 Å². The summed E-state index contributed by atoms with van der Waals surface area (Å²) in [5.74, 6) is 0. The Balaban J connectivity index is 1.19. The van der Waals surface area contributed by atoms with Gasteiger partial charge in [0.25, 0.3) is 0 Å². The minimum atomic E-state index is 0.435. The molecular formula is C45H25N5. The monoisotopic (exact) mass is 635 g/mol. The lowest BCUT2D eigenvalue weighted by Gasteiger charge is -2.17. The summed E-state index contributed by atoms with van der Waals surface area (Å²) in [6.07, 6.45) is 0. The molecule has 0 fully saturated rings. The van der Waals surface area contributed by atoms with Crippen molar-refractivity contribution in [2.45, 2.75) is 0 Å². The molecule has 0 aliphatic carbocycles. The third-order valence-corrected chi connectivity index (χ3v) is 9.60. The Labute approximate surface area is 287 Å². The lowest BCUT2D eigenvalue weighted by Crippen LogP contribution is -2.01. The van der Waals surface area contributed by atoms with E-state index in [0.717, 1.165) is 77.2 Å². The van der Waals surface area contributed by atoms with Crippen molar-refractivity contribution in [2.24, 2.45) is 0 Å². The number of benzene rings is 7. The molecular weight excluding hydrogens is 611 g/mol. The first-order chi connectivity index (χ1) is 24.7. The topological polar surface area (TPSA) is 81.2 Å². The predicted octanol–water partition coefficient (Wildman–Crippen LogP) is 10.8. The maximum Gasteiger partial charge on any atom is 0.0999 e. The summed E-state index contributed by atoms with van der Waals surface area (Å²) < 4.78 is 4.42. The molecule has 0 N–H and O–H groups in total. The maximum atomic E-state index is 10.4. The Morgan fingerprint density at radius 3 is 1.60 bits per heavy atom. The molecule has 0 aliphatic heterocycles. The molecule has 7 aromatic carbocycles. The van der Waals surface area contributed by atoms with E-state index in [2.05, 4.69) is 112 Å². The molecule has 0 bridgehead atoms. The van der Waals surface area contributed by atoms with Crippen molar-refractivity contribution in [3.63, 3.8) is 0 Å². The van der Waals surface area contributed by atoms with Gasteiger partial charge in [-0.2, -0.15) is 15.8 Å². The minimum absolute atomic E-state index is 0.435. The zero-order valence-electron chi connectivity index (χ0n) is 26.7. The summed E-state index contributed by atoms with van der Waals surface area (Å²) in [6, 6.07) is 57.9. The van der Waals surface area contributed by atoms with E-state index in [1.54, 1.807) is 6.07 Å². The van der Waals surface area contributed by atoms with Crippen molar-refractivity contribution >= 4 is 43.6 Å². The van der Waals surface area contributed by atoms with Crippen LogP contribution in [0.15, 0.2) is 152 Å². The van der Waals surface area contributed by atoms with E-state index in [0.29, 0.717) is 16.7 Å². The third kappa shape index (κ3) is 4.38. The van der Waals surface area contributed by atoms with Gasteiger partial charge in [0.2, 0.25) is 0 Å². The molecule has 0 spiro atoms. The molecule has 9 aromatic rings. The fourth-order valence-electron chi connectivity index (χ4n) is 7.42. The number of rotatable bonds is 4. The summed E-state index contributed by atoms with van der Waals surface area (Å²) in [5.41, 5.74) is 11.2. The Morgan fingerprint density at radius 2 is 0.960 bits per heavy atom. The molecule has 2 aromatic heterocycles. The van der Waals surface area contributed by atoms with Gasteiger partial charge in [-0.1, -0.05) is 91.0 Å². The van der Waals surface area contributed by atoms with Crippen LogP contribution in [0, 0.1) is 34.0 Å². The van der Waals surface area contributed by atoms with Gasteiger partial charge in [0.1, 0.15) is 0 Å². The quantitative estimate of drug-likeness (QED) is 0.193. The fourth-order valence-corrected chi connectivity index (χ4v) is 7.42. The number of aromatic nitrogens is 2. The van der Waals surface area contributed by atoms with Gasteiger partial charge in [-0.05, 0) is 77.4 Å². The standard InChI is InChI=1S/C45H25N5/c46-26-29-16-21-43-39(23-29)38-12-3-4-13-40(38)49(43)35-9-7-8-33(25-35)31-17-19-32(20-18-31)45-34(28-48)22-30(27-47)24-44(45)50-41-14-5-1-10-36(41)37-11-2-6-15-42(37)50/h1-25H. The third-order valence-electron chi connectivity index (χ3n) is 9.60. The van der Waals surface area contributed by atoms with Gasteiger partial charge in [-0.3, -0.25) is 0 Å². The van der Waals surface area contributed by atoms with E-state index < -0.39 is 0 Å². The molecule has 0 amide bonds. The zero-order chi connectivity index (χ0) is 33.8. The van der Waals surface area contributed by atoms with Crippen molar-refractivity contribution in [2.75, 3.05) is 0 Å². The van der Waals surface area contributed by atoms with Crippen molar-refractivity contribution in [1.82, 2.24) is 9.13 Å². The minimum Gasteiger partial charge on any atom is -0.309 e. The van der Waals surface area contributed by atoms with Crippen LogP contribution in [0.1, 0.15) is 16.7 Å². The SMILES string of the molecule is N#Cc1cc(C#N)c(-c2ccc(-c3cccc(-n4c5ccccc5c5cc(C#N)ccc54)c3)cc2)c(-n2c3ccccc3c3ccccc32)c1. The fraction of sp³-hybridized carbons (Fsp3) is 0. The second-order valence-corrected chi connectivity index (χ2v) is 12.3. The van der Waals surface area contributed by atoms with Crippen molar-refractivity contribution in [3.05, 3.63) is 168 Å². The maximum absolute atomic E-state index is 10.4. The second-order valence-electron chi connectivity index (χ2n) is 12.3. The largest absolute Gasteiger partial charge is 0.309 e. The Morgan fingerprint density at radius 1 is 0.380 bits per heavy atom. The van der Waals surface area contributed by atoms with Crippen molar-refractivity contribution in [1.29, 1.82) is 15.8 Å². The Hall–Kier alpha value is -7.39. The number of para-hydroxylation sites is 3. The molecule has 0 unspecified atom stereocenters. The van der Waals surface area contributed by atoms with Gasteiger partial charge in [0.05, 0.1) is 62.7 Å². The molecule has 0 radical (unpaired) electrons. The smallest absolute Gasteiger partial charge is 0.0999 e. The number of hydrogen-bond acceptors (Lipinski definition) is 3. The molecule has 5 nitrogen and oxygen atoms in total. The average Bonchev–Trinajstić information content (AvgIpc) is 3.70. The van der Waals surface area contributed by atoms with Crippen LogP contribution >= 0.6 is 0 Å².